The molecular formula is C34H31ClN2O4. The van der Waals surface area contributed by atoms with E-state index in [9.17, 15) is 4.79 Å². The molecule has 7 rings (SSSR count). The average molecular weight is 567 g/mol. The van der Waals surface area contributed by atoms with Crippen LogP contribution < -0.4 is 25.4 Å². The molecule has 3 heterocycles. The van der Waals surface area contributed by atoms with Crippen molar-refractivity contribution in [2.75, 3.05) is 25.5 Å². The molecule has 41 heavy (non-hydrogen) atoms. The summed E-state index contributed by atoms with van der Waals surface area (Å²) in [5, 5.41) is 5.50. The Morgan fingerprint density at radius 3 is 2.71 bits per heavy atom. The van der Waals surface area contributed by atoms with Crippen molar-refractivity contribution in [3.05, 3.63) is 117 Å². The molecule has 0 unspecified atom stereocenters. The van der Waals surface area contributed by atoms with Crippen LogP contribution in [0.25, 0.3) is 5.57 Å². The molecule has 3 aliphatic rings. The number of carbonyl (C=O) groups excluding carboxylic acids is 1. The van der Waals surface area contributed by atoms with Crippen molar-refractivity contribution >= 4 is 29.6 Å². The fraction of sp³-hybridized carbons (Fsp3) is 0.235. The first-order valence-electron chi connectivity index (χ1n) is 13.9. The number of halogens is 1. The van der Waals surface area contributed by atoms with Crippen molar-refractivity contribution < 1.29 is 19.0 Å². The zero-order valence-corrected chi connectivity index (χ0v) is 23.7. The van der Waals surface area contributed by atoms with E-state index in [0.29, 0.717) is 5.56 Å². The molecular weight excluding hydrogens is 536 g/mol. The molecule has 0 atom stereocenters. The van der Waals surface area contributed by atoms with E-state index in [0.717, 1.165) is 94.5 Å². The van der Waals surface area contributed by atoms with E-state index in [1.54, 1.807) is 7.11 Å². The summed E-state index contributed by atoms with van der Waals surface area (Å²) in [5.74, 6) is 1.91. The van der Waals surface area contributed by atoms with Gasteiger partial charge in [0.15, 0.2) is 0 Å². The maximum absolute atomic E-state index is 13.6. The Kier molecular flexibility index (Phi) is 7.41. The van der Waals surface area contributed by atoms with Crippen LogP contribution in [0.15, 0.2) is 77.8 Å². The minimum Gasteiger partial charge on any atom is -0.497 e. The second-order valence-corrected chi connectivity index (χ2v) is 10.4. The van der Waals surface area contributed by atoms with Crippen molar-refractivity contribution in [1.82, 2.24) is 0 Å². The zero-order valence-electron chi connectivity index (χ0n) is 22.9. The highest BCUT2D eigenvalue weighted by Gasteiger charge is 2.27. The van der Waals surface area contributed by atoms with Crippen LogP contribution in [0.2, 0.25) is 0 Å². The predicted molar refractivity (Wildman–Crippen MR) is 161 cm³/mol. The van der Waals surface area contributed by atoms with Crippen molar-refractivity contribution in [3.63, 3.8) is 0 Å². The van der Waals surface area contributed by atoms with Gasteiger partial charge in [-0.2, -0.15) is 0 Å². The van der Waals surface area contributed by atoms with E-state index in [1.165, 1.54) is 11.1 Å². The van der Waals surface area contributed by atoms with Gasteiger partial charge in [-0.15, -0.1) is 12.4 Å². The third kappa shape index (κ3) is 5.04. The van der Waals surface area contributed by atoms with Crippen LogP contribution in [0, 0.1) is 0 Å². The van der Waals surface area contributed by atoms with Crippen LogP contribution in [-0.4, -0.2) is 26.2 Å². The number of benzene rings is 4. The average Bonchev–Trinajstić information content (AvgIpc) is 3.00. The number of methoxy groups -OCH3 is 1. The van der Waals surface area contributed by atoms with E-state index in [-0.39, 0.29) is 25.0 Å². The molecule has 0 saturated heterocycles. The summed E-state index contributed by atoms with van der Waals surface area (Å²) in [4.78, 5) is 18.4. The fourth-order valence-electron chi connectivity index (χ4n) is 5.91. The predicted octanol–water partition coefficient (Wildman–Crippen LogP) is 5.75. The van der Waals surface area contributed by atoms with Crippen molar-refractivity contribution in [1.29, 1.82) is 0 Å². The van der Waals surface area contributed by atoms with E-state index < -0.39 is 0 Å². The molecule has 3 aliphatic heterocycles. The van der Waals surface area contributed by atoms with Crippen LogP contribution >= 0.6 is 12.4 Å². The minimum absolute atomic E-state index is 0. The highest BCUT2D eigenvalue weighted by molar-refractivity contribution is 5.99. The van der Waals surface area contributed by atoms with Gasteiger partial charge in [0.05, 0.1) is 18.0 Å². The SMILES string of the molecule is COc1cccc(COC(=O)c2ccccc2C2=c3cc4c(cc3Oc3cc5c(cc32)CCCN5)=NCCC4)c1.Cl. The van der Waals surface area contributed by atoms with Crippen LogP contribution in [0.4, 0.5) is 5.69 Å². The van der Waals surface area contributed by atoms with Gasteiger partial charge < -0.3 is 19.5 Å². The van der Waals surface area contributed by atoms with Gasteiger partial charge in [0.25, 0.3) is 0 Å². The molecule has 0 radical (unpaired) electrons. The van der Waals surface area contributed by atoms with Crippen molar-refractivity contribution in [2.45, 2.75) is 32.3 Å². The Morgan fingerprint density at radius 2 is 1.80 bits per heavy atom. The molecule has 4 aromatic rings. The normalized spacial score (nSPS) is 14.4. The second-order valence-electron chi connectivity index (χ2n) is 10.4. The lowest BCUT2D eigenvalue weighted by Crippen LogP contribution is -2.26. The lowest BCUT2D eigenvalue weighted by atomic mass is 9.87. The lowest BCUT2D eigenvalue weighted by molar-refractivity contribution is 0.0472. The molecule has 0 bridgehead atoms. The molecule has 7 heteroatoms. The third-order valence-corrected chi connectivity index (χ3v) is 7.89. The van der Waals surface area contributed by atoms with Crippen molar-refractivity contribution in [2.24, 2.45) is 4.99 Å². The van der Waals surface area contributed by atoms with E-state index in [4.69, 9.17) is 19.2 Å². The van der Waals surface area contributed by atoms with Crippen LogP contribution in [0.3, 0.4) is 0 Å². The quantitative estimate of drug-likeness (QED) is 0.274. The molecule has 208 valence electrons. The second kappa shape index (κ2) is 11.3. The van der Waals surface area contributed by atoms with Gasteiger partial charge in [-0.3, -0.25) is 4.99 Å². The summed E-state index contributed by atoms with van der Waals surface area (Å²) < 4.78 is 17.7. The number of ether oxygens (including phenoxy) is 3. The van der Waals surface area contributed by atoms with Gasteiger partial charge >= 0.3 is 5.97 Å². The highest BCUT2D eigenvalue weighted by Crippen LogP contribution is 2.41. The number of aryl methyl sites for hydroxylation is 2. The number of nitrogens with one attached hydrogen (secondary N) is 1. The summed E-state index contributed by atoms with van der Waals surface area (Å²) >= 11 is 0. The summed E-state index contributed by atoms with van der Waals surface area (Å²) in [6, 6.07) is 23.9. The number of carbonyl (C=O) groups is 1. The molecule has 0 aromatic heterocycles. The van der Waals surface area contributed by atoms with Crippen LogP contribution in [-0.2, 0) is 24.2 Å². The Labute approximate surface area is 245 Å². The smallest absolute Gasteiger partial charge is 0.339 e. The molecule has 0 saturated carbocycles. The summed E-state index contributed by atoms with van der Waals surface area (Å²) in [7, 11) is 1.63. The van der Waals surface area contributed by atoms with Crippen molar-refractivity contribution in [3.8, 4) is 17.2 Å². The zero-order chi connectivity index (χ0) is 27.1. The Bertz CT molecular complexity index is 1780. The number of rotatable bonds is 5. The first-order valence-corrected chi connectivity index (χ1v) is 13.9. The summed E-state index contributed by atoms with van der Waals surface area (Å²) in [6.07, 6.45) is 4.10. The molecule has 0 fully saturated rings. The molecule has 1 N–H and O–H groups in total. The first kappa shape index (κ1) is 26.9. The minimum atomic E-state index is -0.368. The van der Waals surface area contributed by atoms with Gasteiger partial charge in [-0.1, -0.05) is 30.3 Å². The maximum atomic E-state index is 13.6. The monoisotopic (exact) mass is 566 g/mol. The largest absolute Gasteiger partial charge is 0.497 e. The third-order valence-electron chi connectivity index (χ3n) is 7.89. The first-order chi connectivity index (χ1) is 19.7. The van der Waals surface area contributed by atoms with Crippen LogP contribution in [0.5, 0.6) is 17.2 Å². The van der Waals surface area contributed by atoms with Crippen LogP contribution in [0.1, 0.15) is 51.0 Å². The number of fused-ring (bicyclic) bond motifs is 4. The molecule has 0 amide bonds. The Morgan fingerprint density at radius 1 is 0.927 bits per heavy atom. The number of anilines is 1. The molecule has 6 nitrogen and oxygen atoms in total. The number of esters is 1. The van der Waals surface area contributed by atoms with Gasteiger partial charge in [0.1, 0.15) is 23.9 Å². The molecule has 4 aromatic carbocycles. The fourth-order valence-corrected chi connectivity index (χ4v) is 5.91. The van der Waals surface area contributed by atoms with E-state index in [1.807, 2.05) is 48.5 Å². The van der Waals surface area contributed by atoms with Gasteiger partial charge in [-0.25, -0.2) is 4.79 Å². The number of hydrogen-bond acceptors (Lipinski definition) is 6. The van der Waals surface area contributed by atoms with Gasteiger partial charge in [0.2, 0.25) is 0 Å². The Balaban J connectivity index is 0.00000302. The number of nitrogens with zero attached hydrogens (tertiary/aromatic N) is 1. The standard InChI is InChI=1S/C34H30N2O4.ClH/c1-38-24-10-4-7-21(15-24)20-39-34(37)26-12-3-2-11-25(26)33-27-16-22-8-5-13-35-29(22)18-31(27)40-32-19-30-23(17-28(32)33)9-6-14-36-30;/h2-4,7,10-12,15-19,35H,5-6,8-9,13-14,20H2,1H3;1H. The molecule has 0 aliphatic carbocycles. The summed E-state index contributed by atoms with van der Waals surface area (Å²) in [6.45, 7) is 1.94. The maximum Gasteiger partial charge on any atom is 0.339 e. The Hall–Kier alpha value is -4.29. The highest BCUT2D eigenvalue weighted by atomic mass is 35.5. The lowest BCUT2D eigenvalue weighted by Gasteiger charge is -2.27. The summed E-state index contributed by atoms with van der Waals surface area (Å²) in [5.41, 5.74) is 7.81. The van der Waals surface area contributed by atoms with Gasteiger partial charge in [0, 0.05) is 47.3 Å². The van der Waals surface area contributed by atoms with E-state index in [2.05, 4.69) is 29.6 Å². The van der Waals surface area contributed by atoms with Gasteiger partial charge in [-0.05, 0) is 78.3 Å². The molecule has 0 spiro atoms. The van der Waals surface area contributed by atoms with E-state index >= 15 is 0 Å². The topological polar surface area (TPSA) is 69.2 Å². The number of hydrogen-bond donors (Lipinski definition) is 1.